The lowest BCUT2D eigenvalue weighted by Gasteiger charge is -2.17. The Hall–Kier alpha value is -3.39. The lowest BCUT2D eigenvalue weighted by molar-refractivity contribution is -0.151. The Morgan fingerprint density at radius 2 is 1.85 bits per heavy atom. The Balaban J connectivity index is 1.48. The highest BCUT2D eigenvalue weighted by molar-refractivity contribution is 6.31. The number of rotatable bonds is 8. The molecular weight excluding hydrogens is 448 g/mol. The molecule has 8 nitrogen and oxygen atoms in total. The van der Waals surface area contributed by atoms with Gasteiger partial charge in [0.05, 0.1) is 18.1 Å². The molecule has 1 fully saturated rings. The Morgan fingerprint density at radius 3 is 2.52 bits per heavy atom. The first kappa shape index (κ1) is 24.3. The number of esters is 2. The molecule has 3 rings (SSSR count). The van der Waals surface area contributed by atoms with Gasteiger partial charge in [0.25, 0.3) is 5.91 Å². The quantitative estimate of drug-likeness (QED) is 0.587. The van der Waals surface area contributed by atoms with Crippen LogP contribution in [-0.2, 0) is 23.9 Å². The van der Waals surface area contributed by atoms with Gasteiger partial charge in [-0.1, -0.05) is 24.6 Å². The number of nitrogens with one attached hydrogen (secondary N) is 1. The lowest BCUT2D eigenvalue weighted by Crippen LogP contribution is -2.28. The maximum atomic E-state index is 12.4. The first-order chi connectivity index (χ1) is 15.8. The Bertz CT molecular complexity index is 1050. The van der Waals surface area contributed by atoms with Crippen molar-refractivity contribution in [2.45, 2.75) is 26.7 Å². The van der Waals surface area contributed by atoms with Crippen molar-refractivity contribution in [3.8, 4) is 0 Å². The summed E-state index contributed by atoms with van der Waals surface area (Å²) in [5.74, 6) is -2.46. The number of nitrogens with zero attached hydrogens (tertiary/aromatic N) is 1. The van der Waals surface area contributed by atoms with Crippen molar-refractivity contribution in [2.24, 2.45) is 5.92 Å². The number of halogens is 1. The van der Waals surface area contributed by atoms with Gasteiger partial charge in [-0.15, -0.1) is 0 Å². The highest BCUT2D eigenvalue weighted by Crippen LogP contribution is 2.29. The number of hydrogen-bond acceptors (Lipinski definition) is 6. The maximum Gasteiger partial charge on any atom is 0.338 e. The molecule has 1 atom stereocenters. The number of hydrogen-bond donors (Lipinski definition) is 1. The van der Waals surface area contributed by atoms with Crippen molar-refractivity contribution in [3.05, 3.63) is 58.6 Å². The Labute approximate surface area is 196 Å². The minimum Gasteiger partial charge on any atom is -0.462 e. The van der Waals surface area contributed by atoms with Gasteiger partial charge in [-0.3, -0.25) is 14.4 Å². The molecule has 0 saturated carbocycles. The molecular formula is C24H25ClN2O6. The van der Waals surface area contributed by atoms with Crippen molar-refractivity contribution >= 4 is 46.7 Å². The van der Waals surface area contributed by atoms with Crippen LogP contribution in [-0.4, -0.2) is 43.5 Å². The molecule has 9 heteroatoms. The van der Waals surface area contributed by atoms with Crippen molar-refractivity contribution in [3.63, 3.8) is 0 Å². The molecule has 0 spiro atoms. The van der Waals surface area contributed by atoms with E-state index in [2.05, 4.69) is 5.32 Å². The van der Waals surface area contributed by atoms with Crippen LogP contribution in [0.2, 0.25) is 5.02 Å². The second kappa shape index (κ2) is 11.0. The molecule has 1 aliphatic rings. The van der Waals surface area contributed by atoms with E-state index < -0.39 is 30.4 Å². The fourth-order valence-corrected chi connectivity index (χ4v) is 3.46. The normalized spacial score (nSPS) is 15.3. The number of anilines is 2. The average Bonchev–Trinajstić information content (AvgIpc) is 3.19. The van der Waals surface area contributed by atoms with Crippen LogP contribution in [0.15, 0.2) is 42.5 Å². The van der Waals surface area contributed by atoms with Gasteiger partial charge in [-0.05, 0) is 55.3 Å². The van der Waals surface area contributed by atoms with Gasteiger partial charge >= 0.3 is 11.9 Å². The molecule has 0 radical (unpaired) electrons. The molecule has 1 saturated heterocycles. The molecule has 1 heterocycles. The van der Waals surface area contributed by atoms with Crippen LogP contribution in [0.3, 0.4) is 0 Å². The summed E-state index contributed by atoms with van der Waals surface area (Å²) in [4.78, 5) is 50.2. The van der Waals surface area contributed by atoms with E-state index in [1.807, 2.05) is 19.9 Å². The summed E-state index contributed by atoms with van der Waals surface area (Å²) in [7, 11) is 0. The smallest absolute Gasteiger partial charge is 0.338 e. The summed E-state index contributed by atoms with van der Waals surface area (Å²) < 4.78 is 10.2. The molecule has 2 aromatic rings. The van der Waals surface area contributed by atoms with E-state index in [0.717, 1.165) is 12.0 Å². The molecule has 174 valence electrons. The van der Waals surface area contributed by atoms with Crippen molar-refractivity contribution in [1.82, 2.24) is 0 Å². The zero-order chi connectivity index (χ0) is 24.0. The second-order valence-electron chi connectivity index (χ2n) is 7.71. The molecule has 1 N–H and O–H groups in total. The molecule has 2 amide bonds. The minimum atomic E-state index is -0.668. The van der Waals surface area contributed by atoms with E-state index in [1.165, 1.54) is 17.0 Å². The molecule has 1 aliphatic heterocycles. The average molecular weight is 473 g/mol. The minimum absolute atomic E-state index is 0.00153. The number of benzene rings is 2. The topological polar surface area (TPSA) is 102 Å². The summed E-state index contributed by atoms with van der Waals surface area (Å²) in [6, 6.07) is 11.5. The molecule has 33 heavy (non-hydrogen) atoms. The third-order valence-electron chi connectivity index (χ3n) is 5.11. The molecule has 0 bridgehead atoms. The van der Waals surface area contributed by atoms with E-state index in [-0.39, 0.29) is 18.9 Å². The van der Waals surface area contributed by atoms with Gasteiger partial charge in [0.1, 0.15) is 0 Å². The fourth-order valence-electron chi connectivity index (χ4n) is 3.28. The van der Waals surface area contributed by atoms with Gasteiger partial charge < -0.3 is 19.7 Å². The molecule has 0 aromatic heterocycles. The summed E-state index contributed by atoms with van der Waals surface area (Å²) in [6.45, 7) is 3.78. The number of carbonyl (C=O) groups is 4. The van der Waals surface area contributed by atoms with Crippen LogP contribution in [0.5, 0.6) is 0 Å². The first-order valence-electron chi connectivity index (χ1n) is 10.6. The zero-order valence-electron chi connectivity index (χ0n) is 18.4. The molecule has 0 aliphatic carbocycles. The Morgan fingerprint density at radius 1 is 1.12 bits per heavy atom. The fraction of sp³-hybridized carbons (Fsp3) is 0.333. The molecule has 0 unspecified atom stereocenters. The van der Waals surface area contributed by atoms with Crippen LogP contribution in [0.1, 0.15) is 35.7 Å². The first-order valence-corrected chi connectivity index (χ1v) is 11.0. The van der Waals surface area contributed by atoms with E-state index in [0.29, 0.717) is 28.6 Å². The van der Waals surface area contributed by atoms with Crippen LogP contribution in [0.25, 0.3) is 0 Å². The standard InChI is InChI=1S/C24H25ClN2O6/c1-3-10-32-23(30)16-5-7-18(8-6-16)26-21(28)14-33-24(31)17-11-22(29)27(13-17)19-9-4-15(2)20(25)12-19/h4-9,12,17H,3,10-11,13-14H2,1-2H3,(H,26,28)/t17-/m1/s1. The SMILES string of the molecule is CCCOC(=O)c1ccc(NC(=O)COC(=O)[C@@H]2CC(=O)N(c3ccc(C)c(Cl)c3)C2)cc1. The number of amides is 2. The van der Waals surface area contributed by atoms with Crippen molar-refractivity contribution in [1.29, 1.82) is 0 Å². The third kappa shape index (κ3) is 6.32. The number of aryl methyl sites for hydroxylation is 1. The monoisotopic (exact) mass is 472 g/mol. The summed E-state index contributed by atoms with van der Waals surface area (Å²) >= 11 is 6.14. The largest absolute Gasteiger partial charge is 0.462 e. The number of ether oxygens (including phenoxy) is 2. The highest BCUT2D eigenvalue weighted by Gasteiger charge is 2.36. The van der Waals surface area contributed by atoms with Crippen LogP contribution < -0.4 is 10.2 Å². The van der Waals surface area contributed by atoms with E-state index in [1.54, 1.807) is 24.3 Å². The molecule has 2 aromatic carbocycles. The van der Waals surface area contributed by atoms with Crippen LogP contribution in [0, 0.1) is 12.8 Å². The predicted molar refractivity (Wildman–Crippen MR) is 123 cm³/mol. The van der Waals surface area contributed by atoms with Gasteiger partial charge in [0.2, 0.25) is 5.91 Å². The summed E-state index contributed by atoms with van der Waals surface area (Å²) in [5, 5.41) is 3.13. The van der Waals surface area contributed by atoms with Crippen LogP contribution >= 0.6 is 11.6 Å². The number of carbonyl (C=O) groups excluding carboxylic acids is 4. The van der Waals surface area contributed by atoms with E-state index in [9.17, 15) is 19.2 Å². The van der Waals surface area contributed by atoms with Gasteiger partial charge in [0, 0.05) is 29.4 Å². The Kier molecular flexibility index (Phi) is 8.06. The summed E-state index contributed by atoms with van der Waals surface area (Å²) in [6.07, 6.45) is 0.730. The highest BCUT2D eigenvalue weighted by atomic mass is 35.5. The van der Waals surface area contributed by atoms with Crippen molar-refractivity contribution < 1.29 is 28.7 Å². The lowest BCUT2D eigenvalue weighted by atomic mass is 10.1. The maximum absolute atomic E-state index is 12.4. The third-order valence-corrected chi connectivity index (χ3v) is 5.52. The van der Waals surface area contributed by atoms with Gasteiger partial charge in [-0.25, -0.2) is 4.79 Å². The zero-order valence-corrected chi connectivity index (χ0v) is 19.2. The summed E-state index contributed by atoms with van der Waals surface area (Å²) in [5.41, 5.74) is 2.32. The predicted octanol–water partition coefficient (Wildman–Crippen LogP) is 3.75. The van der Waals surface area contributed by atoms with Crippen molar-refractivity contribution in [2.75, 3.05) is 30.0 Å². The van der Waals surface area contributed by atoms with Crippen LogP contribution in [0.4, 0.5) is 11.4 Å². The van der Waals surface area contributed by atoms with E-state index in [4.69, 9.17) is 21.1 Å². The van der Waals surface area contributed by atoms with E-state index >= 15 is 0 Å². The second-order valence-corrected chi connectivity index (χ2v) is 8.12. The van der Waals surface area contributed by atoms with Gasteiger partial charge in [-0.2, -0.15) is 0 Å². The van der Waals surface area contributed by atoms with Gasteiger partial charge in [0.15, 0.2) is 6.61 Å².